The summed E-state index contributed by atoms with van der Waals surface area (Å²) in [6.07, 6.45) is 4.11. The smallest absolute Gasteiger partial charge is 0.342 e. The molecule has 3 unspecified atom stereocenters. The van der Waals surface area contributed by atoms with Crippen LogP contribution < -0.4 is 0 Å². The topological polar surface area (TPSA) is 76.0 Å². The van der Waals surface area contributed by atoms with Crippen molar-refractivity contribution >= 4 is 5.97 Å². The minimum Gasteiger partial charge on any atom is -0.507 e. The van der Waals surface area contributed by atoms with E-state index in [-0.39, 0.29) is 29.6 Å². The zero-order valence-corrected chi connectivity index (χ0v) is 14.1. The number of aliphatic hydroxyl groups is 1. The van der Waals surface area contributed by atoms with E-state index in [4.69, 9.17) is 9.47 Å². The van der Waals surface area contributed by atoms with Crippen LogP contribution in [0.15, 0.2) is 18.2 Å². The van der Waals surface area contributed by atoms with Gasteiger partial charge >= 0.3 is 5.97 Å². The van der Waals surface area contributed by atoms with E-state index >= 15 is 0 Å². The molecule has 2 N–H and O–H groups in total. The predicted molar refractivity (Wildman–Crippen MR) is 89.1 cm³/mol. The second-order valence-corrected chi connectivity index (χ2v) is 6.93. The number of hydrogen-bond donors (Lipinski definition) is 2. The second kappa shape index (κ2) is 7.53. The van der Waals surface area contributed by atoms with Gasteiger partial charge in [0.1, 0.15) is 17.4 Å². The average molecular weight is 334 g/mol. The predicted octanol–water partition coefficient (Wildman–Crippen LogP) is 2.96. The molecule has 0 aromatic heterocycles. The molecule has 1 fully saturated rings. The zero-order valence-electron chi connectivity index (χ0n) is 14.1. The van der Waals surface area contributed by atoms with Gasteiger partial charge in [-0.2, -0.15) is 0 Å². The van der Waals surface area contributed by atoms with Crippen LogP contribution in [-0.4, -0.2) is 40.6 Å². The molecule has 2 aliphatic rings. The van der Waals surface area contributed by atoms with Crippen LogP contribution in [0.2, 0.25) is 0 Å². The first-order valence-corrected chi connectivity index (χ1v) is 8.92. The molecule has 2 heterocycles. The molecule has 2 aliphatic heterocycles. The Morgan fingerprint density at radius 2 is 2.00 bits per heavy atom. The van der Waals surface area contributed by atoms with Gasteiger partial charge in [0.25, 0.3) is 0 Å². The fraction of sp³-hybridized carbons (Fsp3) is 0.632. The zero-order chi connectivity index (χ0) is 17.1. The van der Waals surface area contributed by atoms with E-state index < -0.39 is 12.1 Å². The molecular formula is C19H26O5. The average Bonchev–Trinajstić information content (AvgIpc) is 2.51. The highest BCUT2D eigenvalue weighted by Gasteiger charge is 2.34. The highest BCUT2D eigenvalue weighted by Crippen LogP contribution is 2.32. The molecule has 0 radical (unpaired) electrons. The number of carbonyl (C=O) groups excluding carboxylic acids is 1. The Hall–Kier alpha value is -1.59. The standard InChI is InChI=1S/C19H26O5/c1-2-3-6-14-11-16-10-13(20)9-15(23-16)8-12-5-4-7-17(21)18(12)19(22)24-14/h4-5,7,13-16,20-21H,2-3,6,8-11H2,1H3/t13?,14?,15?,16-/m1/s1. The molecule has 1 saturated heterocycles. The summed E-state index contributed by atoms with van der Waals surface area (Å²) < 4.78 is 11.8. The largest absolute Gasteiger partial charge is 0.507 e. The summed E-state index contributed by atoms with van der Waals surface area (Å²) >= 11 is 0. The summed E-state index contributed by atoms with van der Waals surface area (Å²) in [6, 6.07) is 5.04. The third-order valence-electron chi connectivity index (χ3n) is 4.91. The first-order valence-electron chi connectivity index (χ1n) is 8.92. The van der Waals surface area contributed by atoms with Gasteiger partial charge in [-0.25, -0.2) is 4.79 Å². The summed E-state index contributed by atoms with van der Waals surface area (Å²) in [6.45, 7) is 2.10. The fourth-order valence-electron chi connectivity index (χ4n) is 3.77. The minimum absolute atomic E-state index is 0.0553. The van der Waals surface area contributed by atoms with Crippen LogP contribution in [0.1, 0.15) is 61.4 Å². The number of phenolic OH excluding ortho intramolecular Hbond substituents is 1. The van der Waals surface area contributed by atoms with Crippen molar-refractivity contribution in [2.75, 3.05) is 0 Å². The highest BCUT2D eigenvalue weighted by atomic mass is 16.5. The Labute approximate surface area is 142 Å². The van der Waals surface area contributed by atoms with Crippen molar-refractivity contribution in [3.63, 3.8) is 0 Å². The van der Waals surface area contributed by atoms with E-state index in [0.717, 1.165) is 19.3 Å². The third kappa shape index (κ3) is 3.90. The number of carbonyl (C=O) groups is 1. The van der Waals surface area contributed by atoms with E-state index in [1.54, 1.807) is 6.07 Å². The molecule has 24 heavy (non-hydrogen) atoms. The Morgan fingerprint density at radius 3 is 2.79 bits per heavy atom. The maximum atomic E-state index is 12.6. The molecular weight excluding hydrogens is 308 g/mol. The monoisotopic (exact) mass is 334 g/mol. The lowest BCUT2D eigenvalue weighted by atomic mass is 9.91. The van der Waals surface area contributed by atoms with Crippen LogP contribution >= 0.6 is 0 Å². The van der Waals surface area contributed by atoms with Gasteiger partial charge in [-0.3, -0.25) is 0 Å². The van der Waals surface area contributed by atoms with E-state index in [0.29, 0.717) is 31.2 Å². The first-order chi connectivity index (χ1) is 11.6. The minimum atomic E-state index is -0.454. The maximum absolute atomic E-state index is 12.6. The molecule has 132 valence electrons. The SMILES string of the molecule is CCCCC1C[C@H]2CC(O)CC(Cc3cccc(O)c3C(=O)O1)O2. The summed E-state index contributed by atoms with van der Waals surface area (Å²) in [5, 5.41) is 20.3. The van der Waals surface area contributed by atoms with Gasteiger partial charge in [-0.05, 0) is 37.3 Å². The highest BCUT2D eigenvalue weighted by molar-refractivity contribution is 5.94. The van der Waals surface area contributed by atoms with Gasteiger partial charge in [-0.1, -0.05) is 31.9 Å². The molecule has 3 rings (SSSR count). The van der Waals surface area contributed by atoms with Gasteiger partial charge < -0.3 is 19.7 Å². The molecule has 0 aliphatic carbocycles. The van der Waals surface area contributed by atoms with Crippen molar-refractivity contribution < 1.29 is 24.5 Å². The number of aliphatic hydroxyl groups excluding tert-OH is 1. The lowest BCUT2D eigenvalue weighted by Gasteiger charge is -2.36. The quantitative estimate of drug-likeness (QED) is 0.831. The Balaban J connectivity index is 1.92. The van der Waals surface area contributed by atoms with Crippen molar-refractivity contribution in [3.8, 4) is 5.75 Å². The van der Waals surface area contributed by atoms with Gasteiger partial charge in [0.15, 0.2) is 0 Å². The molecule has 5 nitrogen and oxygen atoms in total. The van der Waals surface area contributed by atoms with Crippen molar-refractivity contribution in [1.82, 2.24) is 0 Å². The molecule has 0 spiro atoms. The lowest BCUT2D eigenvalue weighted by Crippen LogP contribution is -2.40. The van der Waals surface area contributed by atoms with E-state index in [9.17, 15) is 15.0 Å². The number of unbranched alkanes of at least 4 members (excludes halogenated alkanes) is 1. The maximum Gasteiger partial charge on any atom is 0.342 e. The number of aromatic hydroxyl groups is 1. The number of rotatable bonds is 3. The summed E-state index contributed by atoms with van der Waals surface area (Å²) in [5.74, 6) is -0.509. The number of ether oxygens (including phenoxy) is 2. The van der Waals surface area contributed by atoms with Crippen LogP contribution in [0.3, 0.4) is 0 Å². The third-order valence-corrected chi connectivity index (χ3v) is 4.91. The molecule has 0 amide bonds. The van der Waals surface area contributed by atoms with Crippen LogP contribution in [0.25, 0.3) is 0 Å². The number of phenols is 1. The van der Waals surface area contributed by atoms with Gasteiger partial charge in [-0.15, -0.1) is 0 Å². The Morgan fingerprint density at radius 1 is 1.21 bits per heavy atom. The van der Waals surface area contributed by atoms with Crippen LogP contribution in [0, 0.1) is 0 Å². The fourth-order valence-corrected chi connectivity index (χ4v) is 3.77. The number of hydrogen-bond acceptors (Lipinski definition) is 5. The molecule has 0 saturated carbocycles. The lowest BCUT2D eigenvalue weighted by molar-refractivity contribution is -0.110. The van der Waals surface area contributed by atoms with E-state index in [2.05, 4.69) is 6.92 Å². The van der Waals surface area contributed by atoms with Crippen molar-refractivity contribution in [2.45, 2.75) is 76.3 Å². The van der Waals surface area contributed by atoms with Crippen LogP contribution in [0.4, 0.5) is 0 Å². The number of fused-ring (bicyclic) bond motifs is 3. The van der Waals surface area contributed by atoms with Crippen LogP contribution in [0.5, 0.6) is 5.75 Å². The molecule has 1 aromatic carbocycles. The van der Waals surface area contributed by atoms with E-state index in [1.807, 2.05) is 6.07 Å². The molecule has 5 heteroatoms. The first kappa shape index (κ1) is 17.2. The Kier molecular flexibility index (Phi) is 5.41. The van der Waals surface area contributed by atoms with Gasteiger partial charge in [0.2, 0.25) is 0 Å². The summed E-state index contributed by atoms with van der Waals surface area (Å²) in [4.78, 5) is 12.6. The number of esters is 1. The number of cyclic esters (lactones) is 1. The number of benzene rings is 1. The molecule has 2 bridgehead atoms. The van der Waals surface area contributed by atoms with Crippen molar-refractivity contribution in [1.29, 1.82) is 0 Å². The van der Waals surface area contributed by atoms with E-state index in [1.165, 1.54) is 6.07 Å². The summed E-state index contributed by atoms with van der Waals surface area (Å²) in [5.41, 5.74) is 0.954. The Bertz CT molecular complexity index is 585. The van der Waals surface area contributed by atoms with Gasteiger partial charge in [0, 0.05) is 6.42 Å². The normalized spacial score (nSPS) is 30.3. The van der Waals surface area contributed by atoms with Crippen molar-refractivity contribution in [3.05, 3.63) is 29.3 Å². The van der Waals surface area contributed by atoms with Crippen molar-refractivity contribution in [2.24, 2.45) is 0 Å². The molecule has 1 aromatic rings. The molecule has 4 atom stereocenters. The second-order valence-electron chi connectivity index (χ2n) is 6.93. The van der Waals surface area contributed by atoms with Crippen LogP contribution in [-0.2, 0) is 15.9 Å². The van der Waals surface area contributed by atoms with Gasteiger partial charge in [0.05, 0.1) is 18.3 Å². The summed E-state index contributed by atoms with van der Waals surface area (Å²) in [7, 11) is 0.